The monoisotopic (exact) mass is 262 g/mol. The maximum absolute atomic E-state index is 5.76. The second kappa shape index (κ2) is 8.73. The molecule has 0 saturated heterocycles. The van der Waals surface area contributed by atoms with Crippen LogP contribution in [-0.4, -0.2) is 38.2 Å². The Bertz CT molecular complexity index is 373. The van der Waals surface area contributed by atoms with E-state index in [1.165, 1.54) is 11.1 Å². The third-order valence-corrected chi connectivity index (χ3v) is 2.92. The Morgan fingerprint density at radius 3 is 2.53 bits per heavy atom. The number of hydrogen-bond acceptors (Lipinski definition) is 3. The van der Waals surface area contributed by atoms with Crippen molar-refractivity contribution in [2.24, 2.45) is 0 Å². The van der Waals surface area contributed by atoms with Crippen molar-refractivity contribution < 1.29 is 4.74 Å². The second-order valence-corrected chi connectivity index (χ2v) is 4.85. The van der Waals surface area contributed by atoms with E-state index in [2.05, 4.69) is 42.8 Å². The van der Waals surface area contributed by atoms with Gasteiger partial charge in [-0.05, 0) is 38.2 Å². The van der Waals surface area contributed by atoms with Gasteiger partial charge in [0.25, 0.3) is 0 Å². The van der Waals surface area contributed by atoms with Crippen LogP contribution in [0.1, 0.15) is 19.4 Å². The van der Waals surface area contributed by atoms with E-state index in [4.69, 9.17) is 4.74 Å². The molecule has 0 aliphatic carbocycles. The fraction of sp³-hybridized carbons (Fsp3) is 0.500. The van der Waals surface area contributed by atoms with Crippen LogP contribution in [0.5, 0.6) is 5.75 Å². The van der Waals surface area contributed by atoms with Gasteiger partial charge in [-0.3, -0.25) is 4.90 Å². The highest BCUT2D eigenvalue weighted by atomic mass is 16.5. The third-order valence-electron chi connectivity index (χ3n) is 2.92. The first-order chi connectivity index (χ1) is 9.15. The van der Waals surface area contributed by atoms with Gasteiger partial charge < -0.3 is 10.1 Å². The third kappa shape index (κ3) is 6.41. The average Bonchev–Trinajstić information content (AvgIpc) is 2.39. The highest BCUT2D eigenvalue weighted by Gasteiger charge is 2.02. The van der Waals surface area contributed by atoms with Crippen molar-refractivity contribution in [3.63, 3.8) is 0 Å². The van der Waals surface area contributed by atoms with E-state index in [0.29, 0.717) is 6.61 Å². The van der Waals surface area contributed by atoms with Gasteiger partial charge >= 0.3 is 0 Å². The molecule has 1 N–H and O–H groups in total. The molecule has 0 aromatic heterocycles. The first-order valence-electron chi connectivity index (χ1n) is 6.88. The zero-order valence-electron chi connectivity index (χ0n) is 12.4. The van der Waals surface area contributed by atoms with Crippen molar-refractivity contribution in [1.82, 2.24) is 10.2 Å². The smallest absolute Gasteiger partial charge is 0.119 e. The summed E-state index contributed by atoms with van der Waals surface area (Å²) in [6.45, 7) is 12.7. The zero-order chi connectivity index (χ0) is 14.1. The minimum absolute atomic E-state index is 0.715. The van der Waals surface area contributed by atoms with E-state index in [1.807, 2.05) is 19.2 Å². The summed E-state index contributed by atoms with van der Waals surface area (Å²) in [4.78, 5) is 2.33. The molecular formula is C16H26N2O. The lowest BCUT2D eigenvalue weighted by Crippen LogP contribution is -2.29. The Morgan fingerprint density at radius 2 is 2.00 bits per heavy atom. The largest absolute Gasteiger partial charge is 0.492 e. The van der Waals surface area contributed by atoms with Crippen molar-refractivity contribution in [3.8, 4) is 5.75 Å². The van der Waals surface area contributed by atoms with E-state index < -0.39 is 0 Å². The summed E-state index contributed by atoms with van der Waals surface area (Å²) in [6, 6.07) is 8.25. The van der Waals surface area contributed by atoms with Crippen molar-refractivity contribution in [3.05, 3.63) is 42.0 Å². The van der Waals surface area contributed by atoms with Crippen molar-refractivity contribution in [1.29, 1.82) is 0 Å². The van der Waals surface area contributed by atoms with E-state index in [-0.39, 0.29) is 0 Å². The molecule has 0 radical (unpaired) electrons. The molecule has 3 nitrogen and oxygen atoms in total. The van der Waals surface area contributed by atoms with Crippen molar-refractivity contribution >= 4 is 0 Å². The molecule has 0 spiro atoms. The van der Waals surface area contributed by atoms with Gasteiger partial charge in [-0.2, -0.15) is 0 Å². The number of nitrogens with zero attached hydrogens (tertiary/aromatic N) is 1. The van der Waals surface area contributed by atoms with Gasteiger partial charge in [-0.25, -0.2) is 0 Å². The summed E-state index contributed by atoms with van der Waals surface area (Å²) in [5.41, 5.74) is 2.46. The quantitative estimate of drug-likeness (QED) is 0.693. The van der Waals surface area contributed by atoms with Gasteiger partial charge in [0.05, 0.1) is 0 Å². The number of nitrogens with one attached hydrogen (secondary N) is 1. The lowest BCUT2D eigenvalue weighted by Gasteiger charge is -2.20. The molecule has 0 aliphatic rings. The minimum Gasteiger partial charge on any atom is -0.492 e. The topological polar surface area (TPSA) is 24.5 Å². The van der Waals surface area contributed by atoms with E-state index in [0.717, 1.165) is 31.9 Å². The maximum atomic E-state index is 5.76. The van der Waals surface area contributed by atoms with Crippen LogP contribution in [0.15, 0.2) is 36.4 Å². The predicted molar refractivity (Wildman–Crippen MR) is 81.6 cm³/mol. The Hall–Kier alpha value is -1.32. The van der Waals surface area contributed by atoms with Crippen LogP contribution in [0.25, 0.3) is 0 Å². The molecular weight excluding hydrogens is 236 g/mol. The number of ether oxygens (including phenoxy) is 1. The Kier molecular flexibility index (Phi) is 7.23. The summed E-state index contributed by atoms with van der Waals surface area (Å²) < 4.78 is 5.76. The first-order valence-corrected chi connectivity index (χ1v) is 6.88. The highest BCUT2D eigenvalue weighted by Crippen LogP contribution is 2.12. The van der Waals surface area contributed by atoms with E-state index >= 15 is 0 Å². The highest BCUT2D eigenvalue weighted by molar-refractivity contribution is 5.27. The SMILES string of the molecule is C=C(C)CN(CC)CCOc1ccc(CNC)cc1. The molecule has 0 fully saturated rings. The van der Waals surface area contributed by atoms with Gasteiger partial charge in [0.1, 0.15) is 12.4 Å². The fourth-order valence-electron chi connectivity index (χ4n) is 1.93. The summed E-state index contributed by atoms with van der Waals surface area (Å²) in [7, 11) is 1.95. The van der Waals surface area contributed by atoms with Crippen LogP contribution in [0, 0.1) is 0 Å². The van der Waals surface area contributed by atoms with Gasteiger partial charge in [0, 0.05) is 19.6 Å². The van der Waals surface area contributed by atoms with Crippen molar-refractivity contribution in [2.75, 3.05) is 33.3 Å². The first kappa shape index (κ1) is 15.7. The minimum atomic E-state index is 0.715. The summed E-state index contributed by atoms with van der Waals surface area (Å²) in [5.74, 6) is 0.936. The number of benzene rings is 1. The molecule has 0 heterocycles. The van der Waals surface area contributed by atoms with Gasteiger partial charge in [0.2, 0.25) is 0 Å². The molecule has 19 heavy (non-hydrogen) atoms. The maximum Gasteiger partial charge on any atom is 0.119 e. The molecule has 0 atom stereocenters. The van der Waals surface area contributed by atoms with Crippen LogP contribution >= 0.6 is 0 Å². The van der Waals surface area contributed by atoms with Gasteiger partial charge in [-0.15, -0.1) is 0 Å². The van der Waals surface area contributed by atoms with E-state index in [9.17, 15) is 0 Å². The van der Waals surface area contributed by atoms with Crippen LogP contribution in [0.4, 0.5) is 0 Å². The molecule has 1 rings (SSSR count). The van der Waals surface area contributed by atoms with Gasteiger partial charge in [0.15, 0.2) is 0 Å². The molecule has 0 unspecified atom stereocenters. The van der Waals surface area contributed by atoms with Crippen LogP contribution in [-0.2, 0) is 6.54 Å². The molecule has 0 amide bonds. The van der Waals surface area contributed by atoms with Gasteiger partial charge in [-0.1, -0.05) is 31.2 Å². The van der Waals surface area contributed by atoms with Crippen LogP contribution in [0.3, 0.4) is 0 Å². The standard InChI is InChI=1S/C16H26N2O/c1-5-18(13-14(2)3)10-11-19-16-8-6-15(7-9-16)12-17-4/h6-9,17H,2,5,10-13H2,1,3-4H3. The average molecular weight is 262 g/mol. The summed E-state index contributed by atoms with van der Waals surface area (Å²) in [5, 5.41) is 3.13. The Morgan fingerprint density at radius 1 is 1.32 bits per heavy atom. The molecule has 1 aromatic rings. The number of hydrogen-bond donors (Lipinski definition) is 1. The van der Waals surface area contributed by atoms with Crippen molar-refractivity contribution in [2.45, 2.75) is 20.4 Å². The fourth-order valence-corrected chi connectivity index (χ4v) is 1.93. The number of rotatable bonds is 9. The summed E-state index contributed by atoms with van der Waals surface area (Å²) in [6.07, 6.45) is 0. The Labute approximate surface area is 117 Å². The van der Waals surface area contributed by atoms with E-state index in [1.54, 1.807) is 0 Å². The normalized spacial score (nSPS) is 10.7. The second-order valence-electron chi connectivity index (χ2n) is 4.85. The molecule has 0 bridgehead atoms. The Balaban J connectivity index is 2.33. The van der Waals surface area contributed by atoms with Crippen LogP contribution < -0.4 is 10.1 Å². The molecule has 106 valence electrons. The van der Waals surface area contributed by atoms with Crippen LogP contribution in [0.2, 0.25) is 0 Å². The molecule has 3 heteroatoms. The lowest BCUT2D eigenvalue weighted by molar-refractivity contribution is 0.227. The zero-order valence-corrected chi connectivity index (χ0v) is 12.4. The molecule has 0 saturated carbocycles. The molecule has 1 aromatic carbocycles. The number of likely N-dealkylation sites (N-methyl/N-ethyl adjacent to an activating group) is 1. The predicted octanol–water partition coefficient (Wildman–Crippen LogP) is 2.68. The molecule has 0 aliphatic heterocycles. The summed E-state index contributed by atoms with van der Waals surface area (Å²) >= 11 is 0. The lowest BCUT2D eigenvalue weighted by atomic mass is 10.2.